The van der Waals surface area contributed by atoms with E-state index in [0.717, 1.165) is 28.1 Å². The van der Waals surface area contributed by atoms with Gasteiger partial charge in [-0.1, -0.05) is 11.6 Å². The first kappa shape index (κ1) is 20.6. The van der Waals surface area contributed by atoms with Crippen LogP contribution >= 0.6 is 11.6 Å². The molecule has 1 fully saturated rings. The zero-order chi connectivity index (χ0) is 21.4. The summed E-state index contributed by atoms with van der Waals surface area (Å²) in [5.74, 6) is 1.37. The van der Waals surface area contributed by atoms with Crippen LogP contribution in [0.5, 0.6) is 5.75 Å². The molecule has 30 heavy (non-hydrogen) atoms. The van der Waals surface area contributed by atoms with E-state index < -0.39 is 0 Å². The van der Waals surface area contributed by atoms with Gasteiger partial charge in [0, 0.05) is 37.2 Å². The lowest BCUT2D eigenvalue weighted by atomic mass is 10.00. The Labute approximate surface area is 179 Å². The number of hydrogen-bond donors (Lipinski definition) is 2. The van der Waals surface area contributed by atoms with Crippen LogP contribution in [-0.4, -0.2) is 53.8 Å². The molecule has 0 radical (unpaired) electrons. The van der Waals surface area contributed by atoms with Crippen molar-refractivity contribution in [2.45, 2.75) is 38.8 Å². The number of hydrogen-bond acceptors (Lipinski definition) is 8. The largest absolute Gasteiger partial charge is 0.495 e. The first-order valence-electron chi connectivity index (χ1n) is 9.81. The number of carbonyl (C=O) groups excluding carboxylic acids is 1. The molecular weight excluding hydrogens is 408 g/mol. The highest BCUT2D eigenvalue weighted by atomic mass is 35.5. The third kappa shape index (κ3) is 3.87. The summed E-state index contributed by atoms with van der Waals surface area (Å²) in [5, 5.41) is 3.27. The number of carbonyl (C=O) groups is 1. The molecule has 0 saturated carbocycles. The average Bonchev–Trinajstić information content (AvgIpc) is 2.98. The summed E-state index contributed by atoms with van der Waals surface area (Å²) >= 11 is 6.42. The number of nitrogens with zero attached hydrogens (tertiary/aromatic N) is 4. The first-order valence-corrected chi connectivity index (χ1v) is 10.2. The molecule has 1 atom stereocenters. The maximum absolute atomic E-state index is 12.5. The molecule has 10 heteroatoms. The number of halogens is 1. The number of pyridine rings is 1. The van der Waals surface area contributed by atoms with Crippen molar-refractivity contribution in [1.82, 2.24) is 20.3 Å². The number of amides is 1. The number of aromatic nitrogens is 3. The van der Waals surface area contributed by atoms with Crippen LogP contribution in [0.4, 0.5) is 11.8 Å². The van der Waals surface area contributed by atoms with Gasteiger partial charge in [0.2, 0.25) is 11.9 Å². The zero-order valence-corrected chi connectivity index (χ0v) is 18.0. The van der Waals surface area contributed by atoms with E-state index >= 15 is 0 Å². The molecule has 1 unspecified atom stereocenters. The Kier molecular flexibility index (Phi) is 5.66. The molecule has 1 amide bonds. The van der Waals surface area contributed by atoms with Crippen molar-refractivity contribution in [2.75, 3.05) is 37.5 Å². The van der Waals surface area contributed by atoms with Crippen molar-refractivity contribution in [1.29, 1.82) is 0 Å². The topological polar surface area (TPSA) is 115 Å². The van der Waals surface area contributed by atoms with Crippen LogP contribution in [0.15, 0.2) is 6.20 Å². The van der Waals surface area contributed by atoms with Gasteiger partial charge in [0.05, 0.1) is 32.1 Å². The molecule has 4 rings (SSSR count). The number of rotatable bonds is 6. The first-order chi connectivity index (χ1) is 14.4. The molecule has 0 aromatic carbocycles. The van der Waals surface area contributed by atoms with E-state index in [4.69, 9.17) is 26.8 Å². The Morgan fingerprint density at radius 3 is 2.83 bits per heavy atom. The van der Waals surface area contributed by atoms with Gasteiger partial charge in [-0.3, -0.25) is 9.78 Å². The number of nitrogens with two attached hydrogens (primary N) is 1. The van der Waals surface area contributed by atoms with Crippen molar-refractivity contribution in [3.8, 4) is 5.75 Å². The molecular formula is C20H25ClN6O3. The SMILES string of the molecule is COc1c(C)ncc(CN2CC(CC(=O)NC3COC3)c3c(Cl)nc(N)nc32)c1C. The molecule has 2 aliphatic heterocycles. The summed E-state index contributed by atoms with van der Waals surface area (Å²) in [5.41, 5.74) is 9.49. The van der Waals surface area contributed by atoms with Gasteiger partial charge in [-0.2, -0.15) is 4.98 Å². The lowest BCUT2D eigenvalue weighted by molar-refractivity contribution is -0.125. The fourth-order valence-corrected chi connectivity index (χ4v) is 4.36. The summed E-state index contributed by atoms with van der Waals surface area (Å²) in [6.45, 7) is 6.16. The van der Waals surface area contributed by atoms with E-state index in [9.17, 15) is 4.79 Å². The van der Waals surface area contributed by atoms with Crippen molar-refractivity contribution in [3.63, 3.8) is 0 Å². The van der Waals surface area contributed by atoms with E-state index in [1.165, 1.54) is 0 Å². The third-order valence-corrected chi connectivity index (χ3v) is 5.90. The molecule has 0 aliphatic carbocycles. The van der Waals surface area contributed by atoms with Crippen LogP contribution in [0.2, 0.25) is 5.15 Å². The minimum atomic E-state index is -0.130. The molecule has 9 nitrogen and oxygen atoms in total. The summed E-state index contributed by atoms with van der Waals surface area (Å²) in [6.07, 6.45) is 2.14. The van der Waals surface area contributed by atoms with Crippen molar-refractivity contribution in [2.24, 2.45) is 0 Å². The second-order valence-corrected chi connectivity index (χ2v) is 8.08. The highest BCUT2D eigenvalue weighted by molar-refractivity contribution is 6.30. The smallest absolute Gasteiger partial charge is 0.223 e. The van der Waals surface area contributed by atoms with E-state index in [1.54, 1.807) is 7.11 Å². The minimum Gasteiger partial charge on any atom is -0.495 e. The molecule has 2 aromatic heterocycles. The van der Waals surface area contributed by atoms with Crippen molar-refractivity contribution < 1.29 is 14.3 Å². The fourth-order valence-electron chi connectivity index (χ4n) is 4.03. The molecule has 1 saturated heterocycles. The standard InChI is InChI=1S/C20H25ClN6O3/c1-10-13(5-23-11(2)17(10)29-3)7-27-6-12(4-15(28)24-14-8-30-9-14)16-18(21)25-20(22)26-19(16)27/h5,12,14H,4,6-9H2,1-3H3,(H,24,28)(H2,22,25,26). The average molecular weight is 433 g/mol. The van der Waals surface area contributed by atoms with Gasteiger partial charge < -0.3 is 25.4 Å². The predicted octanol–water partition coefficient (Wildman–Crippen LogP) is 1.74. The van der Waals surface area contributed by atoms with Gasteiger partial charge in [0.15, 0.2) is 0 Å². The Hall–Kier alpha value is -2.65. The highest BCUT2D eigenvalue weighted by Gasteiger charge is 2.36. The second-order valence-electron chi connectivity index (χ2n) is 7.72. The lowest BCUT2D eigenvalue weighted by Crippen LogP contribution is -2.48. The van der Waals surface area contributed by atoms with E-state index in [0.29, 0.717) is 43.7 Å². The van der Waals surface area contributed by atoms with Gasteiger partial charge in [-0.15, -0.1) is 0 Å². The summed E-state index contributed by atoms with van der Waals surface area (Å²) in [4.78, 5) is 27.6. The van der Waals surface area contributed by atoms with Crippen LogP contribution in [0.1, 0.15) is 34.7 Å². The van der Waals surface area contributed by atoms with E-state index in [1.807, 2.05) is 20.0 Å². The maximum Gasteiger partial charge on any atom is 0.223 e. The van der Waals surface area contributed by atoms with Crippen LogP contribution in [-0.2, 0) is 16.1 Å². The number of fused-ring (bicyclic) bond motifs is 1. The number of nitrogen functional groups attached to an aromatic ring is 1. The molecule has 2 aromatic rings. The zero-order valence-electron chi connectivity index (χ0n) is 17.2. The maximum atomic E-state index is 12.5. The summed E-state index contributed by atoms with van der Waals surface area (Å²) < 4.78 is 10.6. The number of ether oxygens (including phenoxy) is 2. The number of methoxy groups -OCH3 is 1. The van der Waals surface area contributed by atoms with Crippen LogP contribution in [0.3, 0.4) is 0 Å². The molecule has 0 spiro atoms. The molecule has 3 N–H and O–H groups in total. The molecule has 160 valence electrons. The fraction of sp³-hybridized carbons (Fsp3) is 0.500. The second kappa shape index (κ2) is 8.23. The van der Waals surface area contributed by atoms with Gasteiger partial charge in [0.1, 0.15) is 16.7 Å². The van der Waals surface area contributed by atoms with Gasteiger partial charge in [-0.05, 0) is 25.0 Å². The van der Waals surface area contributed by atoms with Crippen LogP contribution < -0.4 is 20.7 Å². The van der Waals surface area contributed by atoms with E-state index in [-0.39, 0.29) is 23.8 Å². The minimum absolute atomic E-state index is 0.0381. The molecule has 2 aliphatic rings. The summed E-state index contributed by atoms with van der Waals surface area (Å²) in [6, 6.07) is 0.0846. The Bertz CT molecular complexity index is 981. The summed E-state index contributed by atoms with van der Waals surface area (Å²) in [7, 11) is 1.64. The van der Waals surface area contributed by atoms with E-state index in [2.05, 4.69) is 25.2 Å². The van der Waals surface area contributed by atoms with Gasteiger partial charge >= 0.3 is 0 Å². The highest BCUT2D eigenvalue weighted by Crippen LogP contribution is 2.42. The number of anilines is 2. The Morgan fingerprint density at radius 1 is 1.40 bits per heavy atom. The van der Waals surface area contributed by atoms with Gasteiger partial charge in [-0.25, -0.2) is 4.98 Å². The predicted molar refractivity (Wildman–Crippen MR) is 113 cm³/mol. The van der Waals surface area contributed by atoms with Crippen molar-refractivity contribution in [3.05, 3.63) is 33.7 Å². The number of aryl methyl sites for hydroxylation is 1. The van der Waals surface area contributed by atoms with Crippen LogP contribution in [0, 0.1) is 13.8 Å². The Balaban J connectivity index is 1.60. The molecule has 4 heterocycles. The van der Waals surface area contributed by atoms with Crippen molar-refractivity contribution >= 4 is 29.3 Å². The molecule has 0 bridgehead atoms. The lowest BCUT2D eigenvalue weighted by Gasteiger charge is -2.27. The third-order valence-electron chi connectivity index (χ3n) is 5.61. The van der Waals surface area contributed by atoms with Gasteiger partial charge in [0.25, 0.3) is 0 Å². The Morgan fingerprint density at radius 2 is 2.17 bits per heavy atom. The quantitative estimate of drug-likeness (QED) is 0.663. The number of nitrogens with one attached hydrogen (secondary N) is 1. The monoisotopic (exact) mass is 432 g/mol. The normalized spacial score (nSPS) is 18.1. The van der Waals surface area contributed by atoms with Crippen LogP contribution in [0.25, 0.3) is 0 Å².